The van der Waals surface area contributed by atoms with Crippen LogP contribution in [0.5, 0.6) is 0 Å². The molecule has 1 aromatic carbocycles. The van der Waals surface area contributed by atoms with Gasteiger partial charge in [0.1, 0.15) is 0 Å². The first-order chi connectivity index (χ1) is 11.4. The quantitative estimate of drug-likeness (QED) is 0.327. The molecule has 7 heteroatoms. The predicted octanol–water partition coefficient (Wildman–Crippen LogP) is 2.56. The van der Waals surface area contributed by atoms with Crippen LogP contribution in [0.25, 0.3) is 11.3 Å². The van der Waals surface area contributed by atoms with Gasteiger partial charge in [-0.1, -0.05) is 12.1 Å². The van der Waals surface area contributed by atoms with Crippen molar-refractivity contribution in [2.75, 3.05) is 0 Å². The second kappa shape index (κ2) is 9.60. The number of aromatic nitrogens is 5. The molecule has 0 aliphatic heterocycles. The van der Waals surface area contributed by atoms with E-state index in [2.05, 4.69) is 21.2 Å². The molecule has 3 aromatic heterocycles. The summed E-state index contributed by atoms with van der Waals surface area (Å²) in [6, 6.07) is 20.5. The largest absolute Gasteiger partial charge is 0.436 e. The van der Waals surface area contributed by atoms with Crippen molar-refractivity contribution in [3.8, 4) is 11.3 Å². The van der Waals surface area contributed by atoms with E-state index >= 15 is 0 Å². The van der Waals surface area contributed by atoms with E-state index < -0.39 is 0 Å². The van der Waals surface area contributed by atoms with Gasteiger partial charge in [0.2, 0.25) is 0 Å². The van der Waals surface area contributed by atoms with Gasteiger partial charge in [-0.3, -0.25) is 9.19 Å². The topological polar surface area (TPSA) is 48.5 Å². The van der Waals surface area contributed by atoms with Gasteiger partial charge in [-0.2, -0.15) is 10.2 Å². The molecule has 0 atom stereocenters. The smallest absolute Gasteiger partial charge is 0.305 e. The Bertz CT molecular complexity index is 720. The normalized spacial score (nSPS) is 9.33. The van der Waals surface area contributed by atoms with Crippen molar-refractivity contribution in [1.82, 2.24) is 24.4 Å². The van der Waals surface area contributed by atoms with Crippen molar-refractivity contribution in [2.24, 2.45) is 0 Å². The van der Waals surface area contributed by atoms with E-state index in [-0.39, 0.29) is 20.1 Å². The first-order valence-corrected chi connectivity index (χ1v) is 7.13. The van der Waals surface area contributed by atoms with Crippen molar-refractivity contribution in [1.29, 1.82) is 0 Å². The molecule has 4 rings (SSSR count). The van der Waals surface area contributed by atoms with Gasteiger partial charge >= 0.3 is 7.55 Å². The van der Waals surface area contributed by atoms with Crippen LogP contribution in [0, 0.1) is 6.07 Å². The maximum absolute atomic E-state index is 4.22. The van der Waals surface area contributed by atoms with Gasteiger partial charge in [-0.15, -0.1) is 35.9 Å². The van der Waals surface area contributed by atoms with Crippen LogP contribution in [0.1, 0.15) is 0 Å². The zero-order valence-electron chi connectivity index (χ0n) is 12.7. The molecule has 2 radical (unpaired) electrons. The molecule has 120 valence electrons. The van der Waals surface area contributed by atoms with Crippen LogP contribution in [-0.4, -0.2) is 31.9 Å². The number of benzene rings is 1. The molecule has 0 saturated heterocycles. The summed E-state index contributed by atoms with van der Waals surface area (Å²) in [4.78, 5) is 4.22. The summed E-state index contributed by atoms with van der Waals surface area (Å²) in [5, 5.41) is 7.98. The first kappa shape index (κ1) is 17.9. The standard InChI is InChI=1S/C11H8N.C6H6BN4.Ir/c1-2-6-10(7-3-1)11-8-4-5-9-12-11;1-3-8-10(5-1)7-11-6-2-4-9-11;/h1-6,8-9H;1-6H;/q-1;;. The van der Waals surface area contributed by atoms with Gasteiger partial charge in [0, 0.05) is 51.1 Å². The van der Waals surface area contributed by atoms with Gasteiger partial charge in [-0.25, -0.2) is 0 Å². The second-order valence-corrected chi connectivity index (χ2v) is 4.58. The fourth-order valence-electron chi connectivity index (χ4n) is 1.89. The van der Waals surface area contributed by atoms with E-state index in [1.165, 1.54) is 0 Å². The Morgan fingerprint density at radius 3 is 2.00 bits per heavy atom. The number of hydrogen-bond acceptors (Lipinski definition) is 3. The maximum Gasteiger partial charge on any atom is 0.436 e. The number of pyridine rings is 1. The van der Waals surface area contributed by atoms with Gasteiger partial charge in [0.15, 0.2) is 0 Å². The van der Waals surface area contributed by atoms with E-state index in [1.54, 1.807) is 35.3 Å². The summed E-state index contributed by atoms with van der Waals surface area (Å²) >= 11 is 0. The molecule has 0 bridgehead atoms. The van der Waals surface area contributed by atoms with Crippen LogP contribution in [0.4, 0.5) is 0 Å². The van der Waals surface area contributed by atoms with E-state index in [0.29, 0.717) is 0 Å². The number of hydrogen-bond donors (Lipinski definition) is 0. The Kier molecular flexibility index (Phi) is 7.14. The van der Waals surface area contributed by atoms with Crippen molar-refractivity contribution in [3.63, 3.8) is 0 Å². The minimum absolute atomic E-state index is 0. The molecule has 0 spiro atoms. The molecule has 5 nitrogen and oxygen atoms in total. The molecule has 3 heterocycles. The molecule has 4 aromatic rings. The Balaban J connectivity index is 0.000000167. The van der Waals surface area contributed by atoms with Gasteiger partial charge < -0.3 is 4.98 Å². The zero-order valence-corrected chi connectivity index (χ0v) is 15.1. The van der Waals surface area contributed by atoms with Gasteiger partial charge in [-0.05, 0) is 23.9 Å². The van der Waals surface area contributed by atoms with Crippen LogP contribution < -0.4 is 0 Å². The van der Waals surface area contributed by atoms with Crippen molar-refractivity contribution in [3.05, 3.63) is 91.6 Å². The fourth-order valence-corrected chi connectivity index (χ4v) is 1.89. The van der Waals surface area contributed by atoms with Crippen LogP contribution in [0.3, 0.4) is 0 Å². The second-order valence-electron chi connectivity index (χ2n) is 4.58. The van der Waals surface area contributed by atoms with E-state index in [9.17, 15) is 0 Å². The number of nitrogens with zero attached hydrogens (tertiary/aromatic N) is 5. The zero-order chi connectivity index (χ0) is 15.7. The molecule has 24 heavy (non-hydrogen) atoms. The first-order valence-electron chi connectivity index (χ1n) is 7.13. The molecule has 0 fully saturated rings. The minimum Gasteiger partial charge on any atom is -0.305 e. The maximum atomic E-state index is 4.22. The van der Waals surface area contributed by atoms with Crippen LogP contribution in [-0.2, 0) is 20.1 Å². The fraction of sp³-hybridized carbons (Fsp3) is 0. The molecular formula is C17H14BIrN5-. The van der Waals surface area contributed by atoms with Gasteiger partial charge in [0.05, 0.1) is 0 Å². The Hall–Kier alpha value is -2.50. The Morgan fingerprint density at radius 2 is 1.50 bits per heavy atom. The summed E-state index contributed by atoms with van der Waals surface area (Å²) in [5.74, 6) is 0. The monoisotopic (exact) mass is 492 g/mol. The molecule has 0 saturated carbocycles. The molecule has 0 aliphatic rings. The van der Waals surface area contributed by atoms with Gasteiger partial charge in [0.25, 0.3) is 0 Å². The van der Waals surface area contributed by atoms with Crippen LogP contribution in [0.2, 0.25) is 0 Å². The van der Waals surface area contributed by atoms with Crippen molar-refractivity contribution < 1.29 is 20.1 Å². The van der Waals surface area contributed by atoms with E-state index in [0.717, 1.165) is 11.3 Å². The molecule has 0 aliphatic carbocycles. The summed E-state index contributed by atoms with van der Waals surface area (Å²) in [6.07, 6.45) is 8.93. The third kappa shape index (κ3) is 5.30. The van der Waals surface area contributed by atoms with Crippen molar-refractivity contribution >= 4 is 7.55 Å². The van der Waals surface area contributed by atoms with Crippen LogP contribution >= 0.6 is 0 Å². The minimum atomic E-state index is 0. The number of rotatable bonds is 3. The third-order valence-corrected chi connectivity index (χ3v) is 2.94. The van der Waals surface area contributed by atoms with E-state index in [1.807, 2.05) is 67.0 Å². The summed E-state index contributed by atoms with van der Waals surface area (Å²) in [6.45, 7) is 0. The molecule has 0 N–H and O–H groups in total. The molecule has 0 amide bonds. The Labute approximate surface area is 155 Å². The van der Waals surface area contributed by atoms with Crippen molar-refractivity contribution in [2.45, 2.75) is 0 Å². The van der Waals surface area contributed by atoms with Crippen LogP contribution in [0.15, 0.2) is 85.6 Å². The average molecular weight is 491 g/mol. The summed E-state index contributed by atoms with van der Waals surface area (Å²) < 4.78 is 3.38. The third-order valence-electron chi connectivity index (χ3n) is 2.94. The molecular weight excluding hydrogens is 477 g/mol. The average Bonchev–Trinajstić information content (AvgIpc) is 3.32. The Morgan fingerprint density at radius 1 is 0.792 bits per heavy atom. The molecule has 0 unspecified atom stereocenters. The predicted molar refractivity (Wildman–Crippen MR) is 89.5 cm³/mol. The SMILES string of the molecule is [B](n1cccn1)n1cccn1.[Ir].[c-]1ccccc1-c1ccccn1. The summed E-state index contributed by atoms with van der Waals surface area (Å²) in [7, 11) is 1.78. The summed E-state index contributed by atoms with van der Waals surface area (Å²) in [5.41, 5.74) is 2.01. The van der Waals surface area contributed by atoms with E-state index in [4.69, 9.17) is 0 Å².